The minimum absolute atomic E-state index is 0. The first-order chi connectivity index (χ1) is 10.6. The van der Waals surface area contributed by atoms with Crippen LogP contribution in [0.1, 0.15) is 62.2 Å². The Kier molecular flexibility index (Phi) is 18.1. The van der Waals surface area contributed by atoms with Crippen molar-refractivity contribution in [2.45, 2.75) is 72.4 Å². The maximum absolute atomic E-state index is 11.2. The first-order valence-electron chi connectivity index (χ1n) is 7.97. The predicted molar refractivity (Wildman–Crippen MR) is 97.3 cm³/mol. The summed E-state index contributed by atoms with van der Waals surface area (Å²) >= 11 is 0. The van der Waals surface area contributed by atoms with Gasteiger partial charge in [-0.05, 0) is 40.5 Å². The minimum atomic E-state index is -0.403. The van der Waals surface area contributed by atoms with Crippen molar-refractivity contribution in [2.75, 3.05) is 13.1 Å². The fraction of sp³-hybridized carbons (Fsp3) is 0.765. The number of hydrogen-bond donors (Lipinski definition) is 2. The van der Waals surface area contributed by atoms with Crippen LogP contribution in [-0.4, -0.2) is 46.6 Å². The Bertz CT molecular complexity index is 320. The Hall–Kier alpha value is -1.24. The van der Waals surface area contributed by atoms with Crippen LogP contribution in [0.3, 0.4) is 0 Å². The lowest BCUT2D eigenvalue weighted by Gasteiger charge is -2.21. The number of carbonyl (C=O) groups excluding carboxylic acids is 2. The van der Waals surface area contributed by atoms with Crippen molar-refractivity contribution in [1.82, 2.24) is 4.90 Å². The number of nitrogens with zero attached hydrogens (tertiary/aromatic N) is 1. The first-order valence-corrected chi connectivity index (χ1v) is 7.97. The molecule has 1 heterocycles. The molecular formula is C17H38N2O4. The quantitative estimate of drug-likeness (QED) is 0.459. The zero-order valence-corrected chi connectivity index (χ0v) is 15.7. The Balaban J connectivity index is -0.000000142. The average Bonchev–Trinajstić information content (AvgIpc) is 2.99. The highest BCUT2D eigenvalue weighted by Gasteiger charge is 2.30. The van der Waals surface area contributed by atoms with Crippen molar-refractivity contribution in [2.24, 2.45) is 5.73 Å². The van der Waals surface area contributed by atoms with E-state index in [2.05, 4.69) is 31.9 Å². The second-order valence-electron chi connectivity index (χ2n) is 5.97. The van der Waals surface area contributed by atoms with E-state index in [1.54, 1.807) is 25.7 Å². The van der Waals surface area contributed by atoms with Crippen LogP contribution in [0.4, 0.5) is 0 Å². The molecule has 1 aliphatic rings. The number of nitrogens with two attached hydrogens (primary N) is 1. The highest BCUT2D eigenvalue weighted by atomic mass is 17.1. The third-order valence-electron chi connectivity index (χ3n) is 2.49. The van der Waals surface area contributed by atoms with E-state index in [0.717, 1.165) is 12.8 Å². The van der Waals surface area contributed by atoms with Gasteiger partial charge in [-0.3, -0.25) is 14.8 Å². The Morgan fingerprint density at radius 1 is 1.35 bits per heavy atom. The molecule has 0 aromatic carbocycles. The number of likely N-dealkylation sites (tertiary alicyclic amines) is 1. The molecule has 1 aliphatic heterocycles. The Morgan fingerprint density at radius 3 is 2.00 bits per heavy atom. The molecule has 1 amide bonds. The largest absolute Gasteiger partial charge is 0.332 e. The van der Waals surface area contributed by atoms with Gasteiger partial charge in [-0.1, -0.05) is 20.3 Å². The number of ketones is 1. The number of carbonyl (C=O) groups is 2. The predicted octanol–water partition coefficient (Wildman–Crippen LogP) is 3.26. The van der Waals surface area contributed by atoms with Crippen LogP contribution in [-0.2, 0) is 14.5 Å². The van der Waals surface area contributed by atoms with Gasteiger partial charge in [-0.2, -0.15) is 0 Å². The summed E-state index contributed by atoms with van der Waals surface area (Å²) in [6, 6.07) is -0.207. The van der Waals surface area contributed by atoms with Crippen molar-refractivity contribution in [3.8, 4) is 0 Å². The fourth-order valence-corrected chi connectivity index (χ4v) is 1.61. The number of amides is 1. The van der Waals surface area contributed by atoms with E-state index < -0.39 is 5.60 Å². The lowest BCUT2D eigenvalue weighted by atomic mass is 10.1. The lowest BCUT2D eigenvalue weighted by Crippen LogP contribution is -2.42. The highest BCUT2D eigenvalue weighted by Crippen LogP contribution is 2.17. The summed E-state index contributed by atoms with van der Waals surface area (Å²) in [5, 5.41) is 7.90. The molecule has 0 aromatic rings. The van der Waals surface area contributed by atoms with Crippen LogP contribution >= 0.6 is 0 Å². The smallest absolute Gasteiger partial charge is 0.236 e. The number of rotatable bonds is 2. The molecule has 0 aliphatic carbocycles. The van der Waals surface area contributed by atoms with Crippen LogP contribution in [0.2, 0.25) is 0 Å². The molecule has 0 aromatic heterocycles. The van der Waals surface area contributed by atoms with Gasteiger partial charge in [0.05, 0.1) is 18.2 Å². The van der Waals surface area contributed by atoms with E-state index in [1.165, 1.54) is 13.3 Å². The van der Waals surface area contributed by atoms with Gasteiger partial charge < -0.3 is 10.6 Å². The lowest BCUT2D eigenvalue weighted by molar-refractivity contribution is -0.306. The third kappa shape index (κ3) is 15.4. The van der Waals surface area contributed by atoms with E-state index in [4.69, 9.17) is 11.0 Å². The summed E-state index contributed by atoms with van der Waals surface area (Å²) in [5.74, 6) is -0.0537. The number of hydrogen-bond acceptors (Lipinski definition) is 5. The van der Waals surface area contributed by atoms with Crippen LogP contribution in [0.15, 0.2) is 13.2 Å². The van der Waals surface area contributed by atoms with Crippen LogP contribution < -0.4 is 5.73 Å². The van der Waals surface area contributed by atoms with Crippen LogP contribution in [0.5, 0.6) is 0 Å². The average molecular weight is 335 g/mol. The third-order valence-corrected chi connectivity index (χ3v) is 2.49. The molecule has 0 unspecified atom stereocenters. The summed E-state index contributed by atoms with van der Waals surface area (Å²) in [6.45, 7) is 17.8. The van der Waals surface area contributed by atoms with Crippen molar-refractivity contribution >= 4 is 11.7 Å². The minimum Gasteiger partial charge on any atom is -0.332 e. The molecule has 1 saturated heterocycles. The Labute approximate surface area is 143 Å². The molecule has 1 fully saturated rings. The van der Waals surface area contributed by atoms with Crippen molar-refractivity contribution in [1.29, 1.82) is 0 Å². The summed E-state index contributed by atoms with van der Waals surface area (Å²) in [6.07, 6.45) is 2.96. The summed E-state index contributed by atoms with van der Waals surface area (Å²) < 4.78 is 0. The van der Waals surface area contributed by atoms with Gasteiger partial charge in [0, 0.05) is 7.97 Å². The standard InChI is InChI=1S/C8H14N2O2.C4H10O2.C3H8.C2H4.H2/c1-6(11)7-3-2-4-10(7)8(12)5-9;1-4(2,3)6-5;1-3-2;1-2;/h7H,2-5,9H2,1H3;5H,1-3H3;3H2,1-2H3;1-2H2;1H/t7-;;;;/m0..../s1. The van der Waals surface area contributed by atoms with Gasteiger partial charge in [0.2, 0.25) is 5.91 Å². The van der Waals surface area contributed by atoms with E-state index in [0.29, 0.717) is 6.54 Å². The summed E-state index contributed by atoms with van der Waals surface area (Å²) in [4.78, 5) is 27.7. The van der Waals surface area contributed by atoms with Crippen LogP contribution in [0, 0.1) is 0 Å². The maximum atomic E-state index is 11.2. The molecule has 3 N–H and O–H groups in total. The molecule has 140 valence electrons. The summed E-state index contributed by atoms with van der Waals surface area (Å²) in [5.41, 5.74) is 4.81. The molecule has 0 spiro atoms. The van der Waals surface area contributed by atoms with Gasteiger partial charge in [0.1, 0.15) is 0 Å². The highest BCUT2D eigenvalue weighted by molar-refractivity contribution is 5.88. The molecule has 23 heavy (non-hydrogen) atoms. The molecule has 1 atom stereocenters. The fourth-order valence-electron chi connectivity index (χ4n) is 1.61. The molecule has 6 nitrogen and oxygen atoms in total. The zero-order valence-electron chi connectivity index (χ0n) is 15.7. The molecule has 1 rings (SSSR count). The summed E-state index contributed by atoms with van der Waals surface area (Å²) in [7, 11) is 0. The Morgan fingerprint density at radius 2 is 1.74 bits per heavy atom. The van der Waals surface area contributed by atoms with Crippen molar-refractivity contribution < 1.29 is 21.2 Å². The monoisotopic (exact) mass is 334 g/mol. The second kappa shape index (κ2) is 15.6. The van der Waals surface area contributed by atoms with E-state index in [9.17, 15) is 9.59 Å². The first kappa shape index (κ1) is 26.6. The zero-order chi connectivity index (χ0) is 19.1. The molecule has 0 radical (unpaired) electrons. The molecule has 0 saturated carbocycles. The van der Waals surface area contributed by atoms with E-state index in [-0.39, 0.29) is 25.7 Å². The van der Waals surface area contributed by atoms with Crippen molar-refractivity contribution in [3.05, 3.63) is 13.2 Å². The second-order valence-corrected chi connectivity index (χ2v) is 5.97. The molecular weight excluding hydrogens is 296 g/mol. The number of Topliss-reactive ketones (excluding diaryl/α,β-unsaturated/α-hetero) is 1. The molecule has 6 heteroatoms. The normalized spacial score (nSPS) is 16.0. The topological polar surface area (TPSA) is 92.9 Å². The van der Waals surface area contributed by atoms with Crippen molar-refractivity contribution in [3.63, 3.8) is 0 Å². The van der Waals surface area contributed by atoms with Crippen LogP contribution in [0.25, 0.3) is 0 Å². The SMILES string of the molecule is C=C.CC(=O)[C@@H]1CCCN1C(=O)CN.CC(C)(C)OO.CCC.[HH]. The molecule has 0 bridgehead atoms. The van der Waals surface area contributed by atoms with Gasteiger partial charge in [-0.25, -0.2) is 4.89 Å². The van der Waals surface area contributed by atoms with E-state index in [1.807, 2.05) is 0 Å². The van der Waals surface area contributed by atoms with Gasteiger partial charge in [0.25, 0.3) is 0 Å². The van der Waals surface area contributed by atoms with Gasteiger partial charge in [0.15, 0.2) is 5.78 Å². The van der Waals surface area contributed by atoms with Gasteiger partial charge >= 0.3 is 0 Å². The van der Waals surface area contributed by atoms with E-state index >= 15 is 0 Å². The van der Waals surface area contributed by atoms with Gasteiger partial charge in [-0.15, -0.1) is 13.2 Å². The maximum Gasteiger partial charge on any atom is 0.236 e.